The molecule has 0 saturated carbocycles. The van der Waals surface area contributed by atoms with Crippen LogP contribution in [0.3, 0.4) is 0 Å². The number of nitro benzene ring substituents is 1. The molecule has 0 saturated heterocycles. The van der Waals surface area contributed by atoms with Gasteiger partial charge < -0.3 is 11.5 Å². The van der Waals surface area contributed by atoms with E-state index in [0.29, 0.717) is 11.5 Å². The third kappa shape index (κ3) is 1.54. The van der Waals surface area contributed by atoms with Crippen molar-refractivity contribution in [2.45, 2.75) is 0 Å². The number of rotatable bonds is 2. The number of hydrogen-bond donors (Lipinski definition) is 2. The van der Waals surface area contributed by atoms with Crippen LogP contribution in [0.4, 0.5) is 17.3 Å². The largest absolute Gasteiger partial charge is 0.382 e. The SMILES string of the molecule is Nc1ncn(-c2ccc([N+](=O)[O-])cc2)c1N. The first-order valence-electron chi connectivity index (χ1n) is 4.42. The van der Waals surface area contributed by atoms with Crippen LogP contribution in [-0.2, 0) is 0 Å². The van der Waals surface area contributed by atoms with Gasteiger partial charge in [-0.15, -0.1) is 0 Å². The van der Waals surface area contributed by atoms with Crippen molar-refractivity contribution in [3.63, 3.8) is 0 Å². The van der Waals surface area contributed by atoms with Crippen molar-refractivity contribution < 1.29 is 4.92 Å². The van der Waals surface area contributed by atoms with Gasteiger partial charge in [0.15, 0.2) is 11.6 Å². The molecule has 0 radical (unpaired) electrons. The first-order chi connectivity index (χ1) is 7.59. The molecule has 7 heteroatoms. The molecular weight excluding hydrogens is 210 g/mol. The lowest BCUT2D eigenvalue weighted by Gasteiger charge is -2.03. The third-order valence-electron chi connectivity index (χ3n) is 2.17. The number of anilines is 2. The van der Waals surface area contributed by atoms with Crippen molar-refractivity contribution in [3.05, 3.63) is 40.7 Å². The second-order valence-electron chi connectivity index (χ2n) is 3.16. The van der Waals surface area contributed by atoms with E-state index >= 15 is 0 Å². The summed E-state index contributed by atoms with van der Waals surface area (Å²) in [6, 6.07) is 5.95. The maximum atomic E-state index is 10.5. The lowest BCUT2D eigenvalue weighted by Crippen LogP contribution is -2.00. The Morgan fingerprint density at radius 1 is 1.25 bits per heavy atom. The van der Waals surface area contributed by atoms with Gasteiger partial charge in [0.1, 0.15) is 6.33 Å². The van der Waals surface area contributed by atoms with Crippen molar-refractivity contribution >= 4 is 17.3 Å². The molecule has 7 nitrogen and oxygen atoms in total. The lowest BCUT2D eigenvalue weighted by atomic mass is 10.3. The Hall–Kier alpha value is -2.57. The van der Waals surface area contributed by atoms with Crippen molar-refractivity contribution in [2.24, 2.45) is 0 Å². The summed E-state index contributed by atoms with van der Waals surface area (Å²) < 4.78 is 1.55. The number of hydrogen-bond acceptors (Lipinski definition) is 5. The molecule has 1 heterocycles. The summed E-state index contributed by atoms with van der Waals surface area (Å²) in [5.74, 6) is 0.548. The molecule has 82 valence electrons. The highest BCUT2D eigenvalue weighted by molar-refractivity contribution is 5.58. The molecule has 2 rings (SSSR count). The summed E-state index contributed by atoms with van der Waals surface area (Å²) >= 11 is 0. The molecule has 1 aromatic heterocycles. The standard InChI is InChI=1S/C9H9N5O2/c10-8-9(11)13(5-12-8)6-1-3-7(4-2-6)14(15)16/h1-5H,10-11H2. The molecule has 0 aliphatic heterocycles. The van der Waals surface area contributed by atoms with Crippen molar-refractivity contribution in [2.75, 3.05) is 11.5 Å². The van der Waals surface area contributed by atoms with Crippen molar-refractivity contribution in [1.82, 2.24) is 9.55 Å². The molecule has 0 bridgehead atoms. The Bertz CT molecular complexity index is 531. The number of nitrogens with zero attached hydrogens (tertiary/aromatic N) is 3. The van der Waals surface area contributed by atoms with Crippen molar-refractivity contribution in [1.29, 1.82) is 0 Å². The molecule has 0 atom stereocenters. The molecule has 0 amide bonds. The van der Waals surface area contributed by atoms with Gasteiger partial charge >= 0.3 is 0 Å². The molecule has 0 fully saturated rings. The number of nitrogens with two attached hydrogens (primary N) is 2. The minimum atomic E-state index is -0.463. The van der Waals surface area contributed by atoms with E-state index in [-0.39, 0.29) is 11.5 Å². The topological polar surface area (TPSA) is 113 Å². The number of imidazole rings is 1. The van der Waals surface area contributed by atoms with Crippen LogP contribution in [0.1, 0.15) is 0 Å². The normalized spacial score (nSPS) is 10.2. The average molecular weight is 219 g/mol. The number of non-ortho nitro benzene ring substituents is 1. The fourth-order valence-corrected chi connectivity index (χ4v) is 1.31. The van der Waals surface area contributed by atoms with E-state index < -0.39 is 4.92 Å². The highest BCUT2D eigenvalue weighted by Gasteiger charge is 2.08. The summed E-state index contributed by atoms with van der Waals surface area (Å²) in [7, 11) is 0. The highest BCUT2D eigenvalue weighted by atomic mass is 16.6. The van der Waals surface area contributed by atoms with Crippen LogP contribution in [0.15, 0.2) is 30.6 Å². The van der Waals surface area contributed by atoms with Gasteiger partial charge in [0.05, 0.1) is 4.92 Å². The number of benzene rings is 1. The molecule has 0 spiro atoms. The van der Waals surface area contributed by atoms with E-state index in [4.69, 9.17) is 11.5 Å². The van der Waals surface area contributed by atoms with Crippen LogP contribution in [0, 0.1) is 10.1 Å². The van der Waals surface area contributed by atoms with Crippen LogP contribution in [-0.4, -0.2) is 14.5 Å². The number of aromatic nitrogens is 2. The molecule has 2 aromatic rings. The lowest BCUT2D eigenvalue weighted by molar-refractivity contribution is -0.384. The molecular formula is C9H9N5O2. The Morgan fingerprint density at radius 2 is 1.88 bits per heavy atom. The van der Waals surface area contributed by atoms with Gasteiger partial charge in [0, 0.05) is 17.8 Å². The van der Waals surface area contributed by atoms with Crippen LogP contribution in [0.25, 0.3) is 5.69 Å². The van der Waals surface area contributed by atoms with E-state index in [1.54, 1.807) is 16.7 Å². The predicted octanol–water partition coefficient (Wildman–Crippen LogP) is 0.945. The summed E-state index contributed by atoms with van der Waals surface area (Å²) in [6.07, 6.45) is 1.46. The van der Waals surface area contributed by atoms with Gasteiger partial charge in [-0.1, -0.05) is 0 Å². The van der Waals surface area contributed by atoms with Crippen LogP contribution >= 0.6 is 0 Å². The van der Waals surface area contributed by atoms with E-state index in [0.717, 1.165) is 0 Å². The van der Waals surface area contributed by atoms with E-state index in [1.165, 1.54) is 18.5 Å². The quantitative estimate of drug-likeness (QED) is 0.576. The van der Waals surface area contributed by atoms with Gasteiger partial charge in [-0.2, -0.15) is 0 Å². The van der Waals surface area contributed by atoms with Crippen LogP contribution < -0.4 is 11.5 Å². The highest BCUT2D eigenvalue weighted by Crippen LogP contribution is 2.20. The first kappa shape index (κ1) is 9.97. The molecule has 0 aliphatic rings. The Kier molecular flexibility index (Phi) is 2.20. The maximum absolute atomic E-state index is 10.5. The molecule has 1 aromatic carbocycles. The van der Waals surface area contributed by atoms with Gasteiger partial charge in [0.2, 0.25) is 0 Å². The minimum Gasteiger partial charge on any atom is -0.382 e. The van der Waals surface area contributed by atoms with Gasteiger partial charge in [0.25, 0.3) is 5.69 Å². The smallest absolute Gasteiger partial charge is 0.269 e. The van der Waals surface area contributed by atoms with E-state index in [9.17, 15) is 10.1 Å². The Labute approximate surface area is 90.5 Å². The summed E-state index contributed by atoms with van der Waals surface area (Å²) in [6.45, 7) is 0. The number of nitro groups is 1. The summed E-state index contributed by atoms with van der Waals surface area (Å²) in [4.78, 5) is 13.8. The van der Waals surface area contributed by atoms with E-state index in [2.05, 4.69) is 4.98 Å². The molecule has 4 N–H and O–H groups in total. The van der Waals surface area contributed by atoms with Crippen molar-refractivity contribution in [3.8, 4) is 5.69 Å². The fourth-order valence-electron chi connectivity index (χ4n) is 1.31. The first-order valence-corrected chi connectivity index (χ1v) is 4.42. The maximum Gasteiger partial charge on any atom is 0.269 e. The third-order valence-corrected chi connectivity index (χ3v) is 2.17. The summed E-state index contributed by atoms with van der Waals surface area (Å²) in [5, 5.41) is 10.5. The second-order valence-corrected chi connectivity index (χ2v) is 3.16. The monoisotopic (exact) mass is 219 g/mol. The average Bonchev–Trinajstić information content (AvgIpc) is 2.60. The molecule has 16 heavy (non-hydrogen) atoms. The Morgan fingerprint density at radius 3 is 2.31 bits per heavy atom. The zero-order valence-corrected chi connectivity index (χ0v) is 8.20. The molecule has 0 unspecified atom stereocenters. The predicted molar refractivity (Wildman–Crippen MR) is 59.0 cm³/mol. The minimum absolute atomic E-state index is 0.0235. The zero-order chi connectivity index (χ0) is 11.7. The van der Waals surface area contributed by atoms with Crippen LogP contribution in [0.5, 0.6) is 0 Å². The van der Waals surface area contributed by atoms with Gasteiger partial charge in [-0.3, -0.25) is 14.7 Å². The summed E-state index contributed by atoms with van der Waals surface area (Å²) in [5.41, 5.74) is 11.9. The zero-order valence-electron chi connectivity index (χ0n) is 8.20. The van der Waals surface area contributed by atoms with Gasteiger partial charge in [-0.05, 0) is 12.1 Å². The van der Waals surface area contributed by atoms with E-state index in [1.807, 2.05) is 0 Å². The number of nitrogen functional groups attached to an aromatic ring is 2. The fraction of sp³-hybridized carbons (Fsp3) is 0. The van der Waals surface area contributed by atoms with Gasteiger partial charge in [-0.25, -0.2) is 4.98 Å². The van der Waals surface area contributed by atoms with Crippen LogP contribution in [0.2, 0.25) is 0 Å². The molecule has 0 aliphatic carbocycles. The Balaban J connectivity index is 2.42. The second kappa shape index (κ2) is 3.54.